The summed E-state index contributed by atoms with van der Waals surface area (Å²) in [5.74, 6) is 0.836. The molecule has 1 aliphatic rings. The fourth-order valence-electron chi connectivity index (χ4n) is 2.26. The minimum absolute atomic E-state index is 0.267. The Morgan fingerprint density at radius 3 is 2.81 bits per heavy atom. The summed E-state index contributed by atoms with van der Waals surface area (Å²) in [5.41, 5.74) is 0.752. The van der Waals surface area contributed by atoms with E-state index in [1.54, 1.807) is 24.5 Å². The van der Waals surface area contributed by atoms with Gasteiger partial charge in [-0.2, -0.15) is 0 Å². The van der Waals surface area contributed by atoms with Gasteiger partial charge in [0.1, 0.15) is 12.4 Å². The van der Waals surface area contributed by atoms with Gasteiger partial charge in [-0.05, 0) is 24.1 Å². The van der Waals surface area contributed by atoms with Crippen LogP contribution in [-0.4, -0.2) is 34.3 Å². The first kappa shape index (κ1) is 13.8. The zero-order valence-electron chi connectivity index (χ0n) is 11.4. The molecule has 0 amide bonds. The number of benzene rings is 1. The SMILES string of the molecule is O[C@@H]1CCN(c2ncc(OCc3cccc(F)c3)cn2)C1. The predicted molar refractivity (Wildman–Crippen MR) is 75.6 cm³/mol. The zero-order valence-corrected chi connectivity index (χ0v) is 11.4. The van der Waals surface area contributed by atoms with Crippen molar-refractivity contribution in [3.05, 3.63) is 48.0 Å². The van der Waals surface area contributed by atoms with Gasteiger partial charge in [-0.15, -0.1) is 0 Å². The molecular formula is C15H16FN3O2. The normalized spacial score (nSPS) is 18.0. The lowest BCUT2D eigenvalue weighted by Crippen LogP contribution is -2.23. The van der Waals surface area contributed by atoms with Crippen molar-refractivity contribution in [2.24, 2.45) is 0 Å². The summed E-state index contributed by atoms with van der Waals surface area (Å²) in [7, 11) is 0. The number of rotatable bonds is 4. The molecule has 1 atom stereocenters. The molecule has 1 aliphatic heterocycles. The van der Waals surface area contributed by atoms with E-state index in [1.807, 2.05) is 4.90 Å². The Bertz CT molecular complexity index is 606. The van der Waals surface area contributed by atoms with E-state index in [4.69, 9.17) is 4.74 Å². The lowest BCUT2D eigenvalue weighted by atomic mass is 10.2. The fraction of sp³-hybridized carbons (Fsp3) is 0.333. The van der Waals surface area contributed by atoms with Gasteiger partial charge in [-0.25, -0.2) is 14.4 Å². The number of β-amino-alcohol motifs (C(OH)–C–C–N with tert-alkyl or cyclic N) is 1. The minimum Gasteiger partial charge on any atom is -0.486 e. The molecule has 1 fully saturated rings. The van der Waals surface area contributed by atoms with Gasteiger partial charge in [0, 0.05) is 13.1 Å². The number of hydrogen-bond acceptors (Lipinski definition) is 5. The van der Waals surface area contributed by atoms with Crippen LogP contribution in [0.15, 0.2) is 36.7 Å². The maximum absolute atomic E-state index is 13.0. The molecule has 1 aromatic carbocycles. The molecule has 1 saturated heterocycles. The van der Waals surface area contributed by atoms with Crippen LogP contribution in [0.4, 0.5) is 10.3 Å². The van der Waals surface area contributed by atoms with Gasteiger partial charge >= 0.3 is 0 Å². The number of halogens is 1. The van der Waals surface area contributed by atoms with Gasteiger partial charge in [0.2, 0.25) is 5.95 Å². The first-order valence-electron chi connectivity index (χ1n) is 6.83. The molecule has 0 saturated carbocycles. The van der Waals surface area contributed by atoms with Gasteiger partial charge in [-0.1, -0.05) is 12.1 Å². The Hall–Kier alpha value is -2.21. The van der Waals surface area contributed by atoms with Crippen LogP contribution in [0.25, 0.3) is 0 Å². The molecule has 0 radical (unpaired) electrons. The molecule has 21 heavy (non-hydrogen) atoms. The van der Waals surface area contributed by atoms with Crippen LogP contribution in [0.5, 0.6) is 5.75 Å². The van der Waals surface area contributed by atoms with Crippen molar-refractivity contribution in [1.29, 1.82) is 0 Å². The number of nitrogens with zero attached hydrogens (tertiary/aromatic N) is 3. The van der Waals surface area contributed by atoms with Gasteiger partial charge in [0.05, 0.1) is 18.5 Å². The third kappa shape index (κ3) is 3.46. The summed E-state index contributed by atoms with van der Waals surface area (Å²) in [6.07, 6.45) is 3.61. The van der Waals surface area contributed by atoms with E-state index < -0.39 is 0 Å². The van der Waals surface area contributed by atoms with Gasteiger partial charge in [-0.3, -0.25) is 0 Å². The molecule has 0 aliphatic carbocycles. The van der Waals surface area contributed by atoms with Crippen molar-refractivity contribution in [2.45, 2.75) is 19.1 Å². The first-order valence-corrected chi connectivity index (χ1v) is 6.83. The van der Waals surface area contributed by atoms with Crippen LogP contribution in [-0.2, 0) is 6.61 Å². The molecule has 3 rings (SSSR count). The van der Waals surface area contributed by atoms with Gasteiger partial charge in [0.25, 0.3) is 0 Å². The van der Waals surface area contributed by atoms with Gasteiger partial charge < -0.3 is 14.7 Å². The van der Waals surface area contributed by atoms with Crippen LogP contribution in [0.3, 0.4) is 0 Å². The third-order valence-corrected chi connectivity index (χ3v) is 3.36. The highest BCUT2D eigenvalue weighted by Gasteiger charge is 2.22. The highest BCUT2D eigenvalue weighted by molar-refractivity contribution is 5.33. The Morgan fingerprint density at radius 2 is 2.14 bits per heavy atom. The largest absolute Gasteiger partial charge is 0.486 e. The van der Waals surface area contributed by atoms with Crippen LogP contribution in [0.1, 0.15) is 12.0 Å². The Balaban J connectivity index is 1.59. The van der Waals surface area contributed by atoms with Gasteiger partial charge in [0.15, 0.2) is 5.75 Å². The quantitative estimate of drug-likeness (QED) is 0.929. The summed E-state index contributed by atoms with van der Waals surface area (Å²) in [6.45, 7) is 1.58. The number of aromatic nitrogens is 2. The number of hydrogen-bond donors (Lipinski definition) is 1. The molecule has 1 aromatic heterocycles. The Morgan fingerprint density at radius 1 is 1.33 bits per heavy atom. The molecule has 2 aromatic rings. The van der Waals surface area contributed by atoms with E-state index in [0.29, 0.717) is 18.2 Å². The highest BCUT2D eigenvalue weighted by atomic mass is 19.1. The monoisotopic (exact) mass is 289 g/mol. The zero-order chi connectivity index (χ0) is 14.7. The minimum atomic E-state index is -0.308. The predicted octanol–water partition coefficient (Wildman–Crippen LogP) is 1.77. The maximum Gasteiger partial charge on any atom is 0.225 e. The van der Waals surface area contributed by atoms with Crippen molar-refractivity contribution in [1.82, 2.24) is 9.97 Å². The molecule has 0 bridgehead atoms. The van der Waals surface area contributed by atoms with Crippen molar-refractivity contribution < 1.29 is 14.2 Å². The summed E-state index contributed by atoms with van der Waals surface area (Å²) >= 11 is 0. The summed E-state index contributed by atoms with van der Waals surface area (Å²) in [5, 5.41) is 9.50. The number of aliphatic hydroxyl groups is 1. The molecule has 2 heterocycles. The molecule has 1 N–H and O–H groups in total. The fourth-order valence-corrected chi connectivity index (χ4v) is 2.26. The van der Waals surface area contributed by atoms with E-state index in [-0.39, 0.29) is 18.5 Å². The van der Waals surface area contributed by atoms with E-state index in [9.17, 15) is 9.50 Å². The second-order valence-electron chi connectivity index (χ2n) is 5.03. The van der Waals surface area contributed by atoms with Crippen molar-refractivity contribution in [3.63, 3.8) is 0 Å². The summed E-state index contributed by atoms with van der Waals surface area (Å²) in [4.78, 5) is 10.4. The smallest absolute Gasteiger partial charge is 0.225 e. The van der Waals surface area contributed by atoms with Crippen molar-refractivity contribution >= 4 is 5.95 Å². The number of aliphatic hydroxyl groups excluding tert-OH is 1. The van der Waals surface area contributed by atoms with Crippen molar-refractivity contribution in [2.75, 3.05) is 18.0 Å². The molecule has 5 nitrogen and oxygen atoms in total. The van der Waals surface area contributed by atoms with E-state index in [0.717, 1.165) is 18.5 Å². The van der Waals surface area contributed by atoms with Crippen LogP contribution < -0.4 is 9.64 Å². The summed E-state index contributed by atoms with van der Waals surface area (Å²) in [6, 6.07) is 6.27. The topological polar surface area (TPSA) is 58.5 Å². The standard InChI is InChI=1S/C15H16FN3O2/c16-12-3-1-2-11(6-12)10-21-14-7-17-15(18-8-14)19-5-4-13(20)9-19/h1-3,6-8,13,20H,4-5,9-10H2/t13-/m1/s1. The Labute approximate surface area is 122 Å². The third-order valence-electron chi connectivity index (χ3n) is 3.36. The second kappa shape index (κ2) is 6.05. The van der Waals surface area contributed by atoms with Crippen LogP contribution >= 0.6 is 0 Å². The lowest BCUT2D eigenvalue weighted by molar-refractivity contribution is 0.198. The van der Waals surface area contributed by atoms with Crippen molar-refractivity contribution in [3.8, 4) is 5.75 Å². The average Bonchev–Trinajstić information content (AvgIpc) is 2.92. The maximum atomic E-state index is 13.0. The van der Waals surface area contributed by atoms with E-state index >= 15 is 0 Å². The Kier molecular flexibility index (Phi) is 3.96. The second-order valence-corrected chi connectivity index (χ2v) is 5.03. The first-order chi connectivity index (χ1) is 10.2. The van der Waals surface area contributed by atoms with E-state index in [1.165, 1.54) is 12.1 Å². The number of ether oxygens (including phenoxy) is 1. The molecule has 0 spiro atoms. The highest BCUT2D eigenvalue weighted by Crippen LogP contribution is 2.18. The average molecular weight is 289 g/mol. The molecule has 110 valence electrons. The molecule has 6 heteroatoms. The lowest BCUT2D eigenvalue weighted by Gasteiger charge is -2.15. The molecular weight excluding hydrogens is 273 g/mol. The molecule has 0 unspecified atom stereocenters. The van der Waals surface area contributed by atoms with Crippen LogP contribution in [0, 0.1) is 5.82 Å². The summed E-state index contributed by atoms with van der Waals surface area (Å²) < 4.78 is 18.6. The van der Waals surface area contributed by atoms with E-state index in [2.05, 4.69) is 9.97 Å². The van der Waals surface area contributed by atoms with Crippen LogP contribution in [0.2, 0.25) is 0 Å². The number of anilines is 1.